The summed E-state index contributed by atoms with van der Waals surface area (Å²) in [7, 11) is 2.55. The Labute approximate surface area is 155 Å². The van der Waals surface area contributed by atoms with Gasteiger partial charge in [0.05, 0.1) is 31.7 Å². The molecule has 27 heavy (non-hydrogen) atoms. The lowest BCUT2D eigenvalue weighted by Crippen LogP contribution is -2.42. The number of carbonyl (C=O) groups is 3. The van der Waals surface area contributed by atoms with E-state index in [9.17, 15) is 14.4 Å². The molecule has 10 nitrogen and oxygen atoms in total. The summed E-state index contributed by atoms with van der Waals surface area (Å²) in [6.45, 7) is 1.31. The Morgan fingerprint density at radius 3 is 2.44 bits per heavy atom. The molecule has 0 aliphatic rings. The highest BCUT2D eigenvalue weighted by atomic mass is 16.5. The number of imidazole rings is 1. The van der Waals surface area contributed by atoms with E-state index < -0.39 is 18.0 Å². The van der Waals surface area contributed by atoms with E-state index in [2.05, 4.69) is 35.0 Å². The SMILES string of the molecule is COC(=O)c1ccc(N=Nc2ncc(CC(NC(C)=O)C(=O)OC)[nH]2)cc1. The van der Waals surface area contributed by atoms with Crippen LogP contribution in [0.15, 0.2) is 40.7 Å². The number of carbonyl (C=O) groups excluding carboxylic acids is 3. The first-order valence-corrected chi connectivity index (χ1v) is 7.92. The zero-order chi connectivity index (χ0) is 19.8. The molecular weight excluding hydrogens is 354 g/mol. The van der Waals surface area contributed by atoms with E-state index in [0.717, 1.165) is 0 Å². The van der Waals surface area contributed by atoms with Gasteiger partial charge in [0.15, 0.2) is 0 Å². The summed E-state index contributed by atoms with van der Waals surface area (Å²) in [4.78, 5) is 41.3. The molecule has 10 heteroatoms. The molecule has 1 aromatic heterocycles. The second-order valence-electron chi connectivity index (χ2n) is 5.45. The predicted octanol–water partition coefficient (Wildman–Crippen LogP) is 1.83. The Morgan fingerprint density at radius 2 is 1.85 bits per heavy atom. The number of rotatable bonds is 7. The number of amides is 1. The first kappa shape index (κ1) is 19.8. The van der Waals surface area contributed by atoms with Crippen LogP contribution in [0.2, 0.25) is 0 Å². The van der Waals surface area contributed by atoms with Gasteiger partial charge >= 0.3 is 11.9 Å². The summed E-state index contributed by atoms with van der Waals surface area (Å²) in [5, 5.41) is 10.5. The fourth-order valence-electron chi connectivity index (χ4n) is 2.19. The number of aromatic nitrogens is 2. The van der Waals surface area contributed by atoms with Crippen molar-refractivity contribution in [1.82, 2.24) is 15.3 Å². The Morgan fingerprint density at radius 1 is 1.15 bits per heavy atom. The second kappa shape index (κ2) is 9.22. The summed E-state index contributed by atoms with van der Waals surface area (Å²) in [6, 6.07) is 5.54. The third kappa shape index (κ3) is 5.73. The maximum absolute atomic E-state index is 11.7. The van der Waals surface area contributed by atoms with Crippen molar-refractivity contribution < 1.29 is 23.9 Å². The molecule has 1 heterocycles. The summed E-state index contributed by atoms with van der Waals surface area (Å²) in [5.74, 6) is -1.11. The van der Waals surface area contributed by atoms with Crippen molar-refractivity contribution in [2.45, 2.75) is 19.4 Å². The number of H-pyrrole nitrogens is 1. The molecule has 1 atom stereocenters. The van der Waals surface area contributed by atoms with E-state index in [1.807, 2.05) is 0 Å². The minimum Gasteiger partial charge on any atom is -0.467 e. The Balaban J connectivity index is 2.04. The van der Waals surface area contributed by atoms with Crippen LogP contribution in [0.1, 0.15) is 23.0 Å². The second-order valence-corrected chi connectivity index (χ2v) is 5.45. The largest absolute Gasteiger partial charge is 0.467 e. The van der Waals surface area contributed by atoms with Crippen LogP contribution in [0, 0.1) is 0 Å². The van der Waals surface area contributed by atoms with E-state index in [-0.39, 0.29) is 18.3 Å². The number of aromatic amines is 1. The molecule has 0 aliphatic carbocycles. The summed E-state index contributed by atoms with van der Waals surface area (Å²) in [6.07, 6.45) is 1.66. The third-order valence-corrected chi connectivity index (χ3v) is 3.45. The Hall–Kier alpha value is -3.56. The standard InChI is InChI=1S/C17H19N5O5/c1-10(23)19-14(16(25)27-3)8-13-9-18-17(20-13)22-21-12-6-4-11(5-7-12)15(24)26-2/h4-7,9,14H,8H2,1-3H3,(H,18,20)(H,19,23). The Kier molecular flexibility index (Phi) is 6.75. The average molecular weight is 373 g/mol. The van der Waals surface area contributed by atoms with Crippen molar-refractivity contribution >= 4 is 29.5 Å². The highest BCUT2D eigenvalue weighted by Crippen LogP contribution is 2.17. The molecule has 0 saturated heterocycles. The normalized spacial score (nSPS) is 11.8. The van der Waals surface area contributed by atoms with E-state index >= 15 is 0 Å². The smallest absolute Gasteiger partial charge is 0.337 e. The molecule has 0 radical (unpaired) electrons. The molecule has 1 aromatic carbocycles. The van der Waals surface area contributed by atoms with Crippen molar-refractivity contribution in [3.05, 3.63) is 41.7 Å². The number of methoxy groups -OCH3 is 2. The molecule has 1 amide bonds. The molecular formula is C17H19N5O5. The van der Waals surface area contributed by atoms with Crippen molar-refractivity contribution in [2.75, 3.05) is 14.2 Å². The fourth-order valence-corrected chi connectivity index (χ4v) is 2.19. The number of hydrogen-bond donors (Lipinski definition) is 2. The monoisotopic (exact) mass is 373 g/mol. The predicted molar refractivity (Wildman–Crippen MR) is 93.9 cm³/mol. The summed E-state index contributed by atoms with van der Waals surface area (Å²) >= 11 is 0. The highest BCUT2D eigenvalue weighted by molar-refractivity contribution is 5.89. The summed E-state index contributed by atoms with van der Waals surface area (Å²) < 4.78 is 9.29. The minimum atomic E-state index is -0.830. The van der Waals surface area contributed by atoms with E-state index in [1.54, 1.807) is 24.3 Å². The molecule has 0 bridgehead atoms. The van der Waals surface area contributed by atoms with Gasteiger partial charge in [0.1, 0.15) is 6.04 Å². The lowest BCUT2D eigenvalue weighted by atomic mass is 10.1. The van der Waals surface area contributed by atoms with Gasteiger partial charge in [-0.1, -0.05) is 0 Å². The lowest BCUT2D eigenvalue weighted by molar-refractivity contribution is -0.144. The number of nitrogens with one attached hydrogen (secondary N) is 2. The fraction of sp³-hybridized carbons (Fsp3) is 0.294. The van der Waals surface area contributed by atoms with Gasteiger partial charge in [0, 0.05) is 19.0 Å². The van der Waals surface area contributed by atoms with Crippen LogP contribution < -0.4 is 5.32 Å². The van der Waals surface area contributed by atoms with Crippen molar-refractivity contribution in [3.8, 4) is 0 Å². The van der Waals surface area contributed by atoms with Gasteiger partial charge in [-0.15, -0.1) is 10.2 Å². The molecule has 0 fully saturated rings. The number of ether oxygens (including phenoxy) is 2. The number of esters is 2. The van der Waals surface area contributed by atoms with Crippen LogP contribution >= 0.6 is 0 Å². The van der Waals surface area contributed by atoms with E-state index in [1.165, 1.54) is 27.3 Å². The van der Waals surface area contributed by atoms with Crippen LogP contribution in [0.3, 0.4) is 0 Å². The van der Waals surface area contributed by atoms with Crippen LogP contribution in [0.25, 0.3) is 0 Å². The van der Waals surface area contributed by atoms with Crippen LogP contribution in [0.4, 0.5) is 11.6 Å². The molecule has 2 aromatic rings. The van der Waals surface area contributed by atoms with Crippen LogP contribution in [-0.4, -0.2) is 48.1 Å². The van der Waals surface area contributed by atoms with Crippen LogP contribution in [0.5, 0.6) is 0 Å². The first-order chi connectivity index (χ1) is 12.9. The van der Waals surface area contributed by atoms with Gasteiger partial charge in [0.2, 0.25) is 11.9 Å². The minimum absolute atomic E-state index is 0.169. The van der Waals surface area contributed by atoms with Crippen molar-refractivity contribution in [2.24, 2.45) is 10.2 Å². The Bertz CT molecular complexity index is 844. The molecule has 2 rings (SSSR count). The van der Waals surface area contributed by atoms with Gasteiger partial charge in [-0.25, -0.2) is 14.6 Å². The number of benzene rings is 1. The molecule has 0 spiro atoms. The zero-order valence-corrected chi connectivity index (χ0v) is 15.1. The lowest BCUT2D eigenvalue weighted by Gasteiger charge is -2.14. The van der Waals surface area contributed by atoms with Crippen molar-refractivity contribution in [1.29, 1.82) is 0 Å². The topological polar surface area (TPSA) is 135 Å². The quantitative estimate of drug-likeness (QED) is 0.561. The first-order valence-electron chi connectivity index (χ1n) is 7.92. The van der Waals surface area contributed by atoms with E-state index in [4.69, 9.17) is 0 Å². The highest BCUT2D eigenvalue weighted by Gasteiger charge is 2.21. The maximum Gasteiger partial charge on any atom is 0.337 e. The van der Waals surface area contributed by atoms with Gasteiger partial charge in [0.25, 0.3) is 0 Å². The molecule has 0 aliphatic heterocycles. The number of azo groups is 1. The molecule has 0 saturated carbocycles. The molecule has 2 N–H and O–H groups in total. The molecule has 142 valence electrons. The number of nitrogens with zero attached hydrogens (tertiary/aromatic N) is 3. The molecule has 1 unspecified atom stereocenters. The van der Waals surface area contributed by atoms with Crippen molar-refractivity contribution in [3.63, 3.8) is 0 Å². The van der Waals surface area contributed by atoms with E-state index in [0.29, 0.717) is 16.9 Å². The number of hydrogen-bond acceptors (Lipinski definition) is 8. The zero-order valence-electron chi connectivity index (χ0n) is 15.1. The van der Waals surface area contributed by atoms with Crippen LogP contribution in [-0.2, 0) is 25.5 Å². The van der Waals surface area contributed by atoms with Gasteiger partial charge in [-0.2, -0.15) is 0 Å². The third-order valence-electron chi connectivity index (χ3n) is 3.45. The van der Waals surface area contributed by atoms with Gasteiger partial charge < -0.3 is 19.8 Å². The average Bonchev–Trinajstić information content (AvgIpc) is 3.12. The maximum atomic E-state index is 11.7. The summed E-state index contributed by atoms with van der Waals surface area (Å²) in [5.41, 5.74) is 1.50. The van der Waals surface area contributed by atoms with Gasteiger partial charge in [-0.3, -0.25) is 4.79 Å². The van der Waals surface area contributed by atoms with Gasteiger partial charge in [-0.05, 0) is 24.3 Å².